The number of hydrogen-bond donors (Lipinski definition) is 2. The lowest BCUT2D eigenvalue weighted by molar-refractivity contribution is 0.159. The van der Waals surface area contributed by atoms with Gasteiger partial charge in [-0.1, -0.05) is 6.42 Å². The largest absolute Gasteiger partial charge is 0.371 e. The van der Waals surface area contributed by atoms with E-state index in [1.54, 1.807) is 0 Å². The second-order valence-corrected chi connectivity index (χ2v) is 7.95. The van der Waals surface area contributed by atoms with Crippen LogP contribution < -0.4 is 15.5 Å². The fourth-order valence-electron chi connectivity index (χ4n) is 4.16. The molecule has 0 aromatic heterocycles. The number of rotatable bonds is 7. The van der Waals surface area contributed by atoms with E-state index in [2.05, 4.69) is 27.4 Å². The number of likely N-dealkylation sites (tertiary alicyclic amines) is 1. The molecule has 0 saturated carbocycles. The molecule has 5 nitrogen and oxygen atoms in total. The summed E-state index contributed by atoms with van der Waals surface area (Å²) in [6.45, 7) is 7.83. The highest BCUT2D eigenvalue weighted by Crippen LogP contribution is 2.23. The second kappa shape index (κ2) is 9.93. The number of amides is 2. The number of carbonyl (C=O) groups is 1. The highest BCUT2D eigenvalue weighted by Gasteiger charge is 2.23. The number of carbonyl (C=O) groups excluding carboxylic acids is 1. The van der Waals surface area contributed by atoms with Crippen LogP contribution in [0.1, 0.15) is 39.0 Å². The van der Waals surface area contributed by atoms with Gasteiger partial charge in [-0.2, -0.15) is 0 Å². The van der Waals surface area contributed by atoms with E-state index in [1.165, 1.54) is 37.9 Å². The molecule has 2 aliphatic rings. The molecule has 2 fully saturated rings. The number of anilines is 1. The first-order chi connectivity index (χ1) is 13.1. The van der Waals surface area contributed by atoms with Crippen molar-refractivity contribution in [3.05, 3.63) is 30.1 Å². The molecule has 0 bridgehead atoms. The lowest BCUT2D eigenvalue weighted by atomic mass is 10.0. The third kappa shape index (κ3) is 6.09. The van der Waals surface area contributed by atoms with Crippen molar-refractivity contribution in [3.8, 4) is 0 Å². The number of benzene rings is 1. The van der Waals surface area contributed by atoms with E-state index in [-0.39, 0.29) is 11.8 Å². The Bertz CT molecular complexity index is 594. The minimum atomic E-state index is -0.206. The predicted octanol–water partition coefficient (Wildman–Crippen LogP) is 3.22. The summed E-state index contributed by atoms with van der Waals surface area (Å²) in [7, 11) is 0. The molecule has 27 heavy (non-hydrogen) atoms. The van der Waals surface area contributed by atoms with Gasteiger partial charge < -0.3 is 20.4 Å². The topological polar surface area (TPSA) is 47.6 Å². The van der Waals surface area contributed by atoms with Gasteiger partial charge in [0.1, 0.15) is 5.82 Å². The van der Waals surface area contributed by atoms with Crippen LogP contribution in [0, 0.1) is 11.7 Å². The van der Waals surface area contributed by atoms with Gasteiger partial charge in [0.15, 0.2) is 0 Å². The van der Waals surface area contributed by atoms with Gasteiger partial charge in [0.25, 0.3) is 0 Å². The van der Waals surface area contributed by atoms with Crippen LogP contribution >= 0.6 is 0 Å². The molecule has 2 saturated heterocycles. The van der Waals surface area contributed by atoms with Crippen molar-refractivity contribution in [2.24, 2.45) is 5.92 Å². The maximum atomic E-state index is 13.0. The van der Waals surface area contributed by atoms with Crippen LogP contribution in [0.4, 0.5) is 14.9 Å². The number of nitrogens with one attached hydrogen (secondary N) is 2. The number of urea groups is 1. The number of piperidine rings is 1. The molecule has 2 atom stereocenters. The quantitative estimate of drug-likeness (QED) is 0.719. The van der Waals surface area contributed by atoms with Crippen LogP contribution in [-0.2, 0) is 0 Å². The van der Waals surface area contributed by atoms with Gasteiger partial charge >= 0.3 is 6.03 Å². The Labute approximate surface area is 162 Å². The first-order valence-electron chi connectivity index (χ1n) is 10.4. The Morgan fingerprint density at radius 2 is 1.96 bits per heavy atom. The fraction of sp³-hybridized carbons (Fsp3) is 0.667. The van der Waals surface area contributed by atoms with Crippen LogP contribution in [-0.4, -0.2) is 56.2 Å². The molecule has 3 rings (SSSR count). The fourth-order valence-corrected chi connectivity index (χ4v) is 4.16. The van der Waals surface area contributed by atoms with Crippen LogP contribution in [0.2, 0.25) is 0 Å². The predicted molar refractivity (Wildman–Crippen MR) is 108 cm³/mol. The number of nitrogens with zero attached hydrogens (tertiary/aromatic N) is 2. The summed E-state index contributed by atoms with van der Waals surface area (Å²) in [4.78, 5) is 16.8. The normalized spacial score (nSPS) is 23.4. The maximum absolute atomic E-state index is 13.0. The molecule has 0 radical (unpaired) electrons. The maximum Gasteiger partial charge on any atom is 0.314 e. The molecule has 1 aromatic rings. The SMILES string of the molecule is C[C@H]1CCCCN1CCCNC(=O)NC[C@H]1CCN(c2ccc(F)cc2)C1. The van der Waals surface area contributed by atoms with E-state index in [0.29, 0.717) is 18.5 Å². The van der Waals surface area contributed by atoms with E-state index in [9.17, 15) is 9.18 Å². The average Bonchev–Trinajstić information content (AvgIpc) is 3.14. The van der Waals surface area contributed by atoms with Gasteiger partial charge in [0.05, 0.1) is 0 Å². The van der Waals surface area contributed by atoms with E-state index < -0.39 is 0 Å². The molecule has 2 heterocycles. The lowest BCUT2D eigenvalue weighted by Gasteiger charge is -2.33. The van der Waals surface area contributed by atoms with Crippen molar-refractivity contribution >= 4 is 11.7 Å². The highest BCUT2D eigenvalue weighted by atomic mass is 19.1. The Kier molecular flexibility index (Phi) is 7.33. The van der Waals surface area contributed by atoms with Crippen LogP contribution in [0.5, 0.6) is 0 Å². The van der Waals surface area contributed by atoms with Gasteiger partial charge in [0.2, 0.25) is 0 Å². The average molecular weight is 377 g/mol. The monoisotopic (exact) mass is 376 g/mol. The van der Waals surface area contributed by atoms with Crippen LogP contribution in [0.25, 0.3) is 0 Å². The molecule has 2 amide bonds. The molecule has 150 valence electrons. The van der Waals surface area contributed by atoms with Crippen molar-refractivity contribution in [2.45, 2.75) is 45.1 Å². The molecule has 0 aliphatic carbocycles. The van der Waals surface area contributed by atoms with E-state index in [1.807, 2.05) is 12.1 Å². The molecular formula is C21H33FN4O. The Hall–Kier alpha value is -1.82. The van der Waals surface area contributed by atoms with Crippen molar-refractivity contribution in [2.75, 3.05) is 44.2 Å². The summed E-state index contributed by atoms with van der Waals surface area (Å²) in [5.41, 5.74) is 1.05. The number of hydrogen-bond acceptors (Lipinski definition) is 3. The standard InChI is InChI=1S/C21H33FN4O/c1-17-5-2-3-12-25(17)13-4-11-23-21(27)24-15-18-10-14-26(16-18)20-8-6-19(22)7-9-20/h6-9,17-18H,2-5,10-16H2,1H3,(H2,23,24,27)/t17-,18+/m0/s1. The first kappa shape index (κ1) is 19.9. The van der Waals surface area contributed by atoms with Gasteiger partial charge in [-0.05, 0) is 69.3 Å². The zero-order chi connectivity index (χ0) is 19.1. The third-order valence-electron chi connectivity index (χ3n) is 5.88. The Balaban J connectivity index is 1.27. The van der Waals surface area contributed by atoms with Crippen LogP contribution in [0.3, 0.4) is 0 Å². The van der Waals surface area contributed by atoms with Gasteiger partial charge in [0, 0.05) is 44.5 Å². The molecule has 6 heteroatoms. The van der Waals surface area contributed by atoms with Crippen molar-refractivity contribution in [1.29, 1.82) is 0 Å². The summed E-state index contributed by atoms with van der Waals surface area (Å²) in [5, 5.41) is 5.98. The van der Waals surface area contributed by atoms with Gasteiger partial charge in [-0.3, -0.25) is 0 Å². The van der Waals surface area contributed by atoms with Crippen molar-refractivity contribution in [3.63, 3.8) is 0 Å². The first-order valence-corrected chi connectivity index (χ1v) is 10.4. The van der Waals surface area contributed by atoms with E-state index in [4.69, 9.17) is 0 Å². The smallest absolute Gasteiger partial charge is 0.314 e. The zero-order valence-electron chi connectivity index (χ0n) is 16.4. The summed E-state index contributed by atoms with van der Waals surface area (Å²) in [5.74, 6) is 0.234. The van der Waals surface area contributed by atoms with Crippen molar-refractivity contribution < 1.29 is 9.18 Å². The molecule has 1 aromatic carbocycles. The Morgan fingerprint density at radius 3 is 2.74 bits per heavy atom. The molecule has 0 unspecified atom stereocenters. The lowest BCUT2D eigenvalue weighted by Crippen LogP contribution is -2.41. The number of halogens is 1. The zero-order valence-corrected chi connectivity index (χ0v) is 16.4. The minimum Gasteiger partial charge on any atom is -0.371 e. The molecule has 2 aliphatic heterocycles. The summed E-state index contributed by atoms with van der Waals surface area (Å²) < 4.78 is 13.0. The van der Waals surface area contributed by atoms with Crippen LogP contribution in [0.15, 0.2) is 24.3 Å². The Morgan fingerprint density at radius 1 is 1.15 bits per heavy atom. The second-order valence-electron chi connectivity index (χ2n) is 7.95. The molecule has 2 N–H and O–H groups in total. The van der Waals surface area contributed by atoms with E-state index >= 15 is 0 Å². The molecular weight excluding hydrogens is 343 g/mol. The summed E-state index contributed by atoms with van der Waals surface area (Å²) in [6.07, 6.45) is 5.99. The summed E-state index contributed by atoms with van der Waals surface area (Å²) >= 11 is 0. The minimum absolute atomic E-state index is 0.0677. The van der Waals surface area contributed by atoms with Gasteiger partial charge in [-0.25, -0.2) is 9.18 Å². The highest BCUT2D eigenvalue weighted by molar-refractivity contribution is 5.73. The third-order valence-corrected chi connectivity index (χ3v) is 5.88. The van der Waals surface area contributed by atoms with E-state index in [0.717, 1.165) is 44.7 Å². The van der Waals surface area contributed by atoms with Gasteiger partial charge in [-0.15, -0.1) is 0 Å². The van der Waals surface area contributed by atoms with Crippen molar-refractivity contribution in [1.82, 2.24) is 15.5 Å². The summed E-state index contributed by atoms with van der Waals surface area (Å²) in [6, 6.07) is 7.25. The molecule has 0 spiro atoms.